The van der Waals surface area contributed by atoms with Gasteiger partial charge in [-0.3, -0.25) is 9.59 Å². The average molecular weight is 523 g/mol. The minimum atomic E-state index is -0.455. The van der Waals surface area contributed by atoms with Crippen LogP contribution in [0.15, 0.2) is 50.2 Å². The van der Waals surface area contributed by atoms with Gasteiger partial charge in [0.25, 0.3) is 11.4 Å². The van der Waals surface area contributed by atoms with Crippen LogP contribution in [-0.4, -0.2) is 48.4 Å². The molecule has 1 N–H and O–H groups in total. The second kappa shape index (κ2) is 12.4. The quantitative estimate of drug-likeness (QED) is 0.314. The van der Waals surface area contributed by atoms with Crippen LogP contribution in [-0.2, 0) is 19.1 Å². The number of fused-ring (bicyclic) bond motifs is 2. The number of benzene rings is 2. The van der Waals surface area contributed by atoms with E-state index in [1.54, 1.807) is 12.1 Å². The molecule has 0 spiro atoms. The fraction of sp³-hybridized carbons (Fsp3) is 0.273. The van der Waals surface area contributed by atoms with Crippen LogP contribution in [0, 0.1) is 13.8 Å². The van der Waals surface area contributed by atoms with Crippen molar-refractivity contribution in [1.29, 1.82) is 0 Å². The molecule has 0 saturated heterocycles. The van der Waals surface area contributed by atoms with E-state index in [0.29, 0.717) is 22.4 Å². The van der Waals surface area contributed by atoms with Gasteiger partial charge < -0.3 is 23.3 Å². The molecule has 176 valence electrons. The van der Waals surface area contributed by atoms with E-state index in [1.165, 1.54) is 14.2 Å². The molecule has 10 nitrogen and oxygen atoms in total. The largest absolute Gasteiger partial charge is 0.468 e. The number of methoxy groups -OCH3 is 2. The standard InChI is InChI=1S/C11H11NO4.C8H7NO2.C3H5BrO2/c1-7-3-4-9-8(5-7)11(12-16-9)15-6-10(13)14-2;1-5-2-3-7-6(4-5)8(10)9-11-7;1-6-3(5)2-4/h3-5H,6H2,1-2H3;2-4H,1H3,(H,9,10);2H2,1H3. The third-order valence-corrected chi connectivity index (χ3v) is 4.57. The minimum absolute atomic E-state index is 0.163. The van der Waals surface area contributed by atoms with Crippen LogP contribution >= 0.6 is 15.9 Å². The van der Waals surface area contributed by atoms with Crippen LogP contribution in [0.3, 0.4) is 0 Å². The number of hydrogen-bond donors (Lipinski definition) is 1. The van der Waals surface area contributed by atoms with Gasteiger partial charge in [0.2, 0.25) is 0 Å². The molecule has 4 rings (SSSR count). The number of alkyl halides is 1. The topological polar surface area (TPSA) is 134 Å². The summed E-state index contributed by atoms with van der Waals surface area (Å²) in [5.41, 5.74) is 3.21. The molecule has 0 atom stereocenters. The van der Waals surface area contributed by atoms with Gasteiger partial charge in [-0.2, -0.15) is 5.16 Å². The number of nitrogens with zero attached hydrogens (tertiary/aromatic N) is 1. The lowest BCUT2D eigenvalue weighted by atomic mass is 10.2. The summed E-state index contributed by atoms with van der Waals surface area (Å²) in [6.07, 6.45) is 0. The summed E-state index contributed by atoms with van der Waals surface area (Å²) < 4.78 is 23.8. The fourth-order valence-electron chi connectivity index (χ4n) is 2.44. The van der Waals surface area contributed by atoms with E-state index in [-0.39, 0.29) is 23.5 Å². The highest BCUT2D eigenvalue weighted by Crippen LogP contribution is 2.25. The first-order chi connectivity index (χ1) is 15.8. The van der Waals surface area contributed by atoms with Crippen molar-refractivity contribution in [2.75, 3.05) is 26.2 Å². The van der Waals surface area contributed by atoms with Gasteiger partial charge in [-0.25, -0.2) is 4.79 Å². The van der Waals surface area contributed by atoms with Crippen LogP contribution in [0.4, 0.5) is 0 Å². The van der Waals surface area contributed by atoms with Gasteiger partial charge in [0.15, 0.2) is 17.8 Å². The Balaban J connectivity index is 0.000000196. The van der Waals surface area contributed by atoms with Crippen molar-refractivity contribution < 1.29 is 32.8 Å². The van der Waals surface area contributed by atoms with Gasteiger partial charge in [0.05, 0.1) is 25.0 Å². The van der Waals surface area contributed by atoms with Crippen molar-refractivity contribution >= 4 is 49.8 Å². The molecular formula is C22H23BrN2O8. The summed E-state index contributed by atoms with van der Waals surface area (Å²) in [5, 5.41) is 7.66. The Morgan fingerprint density at radius 2 is 1.58 bits per heavy atom. The lowest BCUT2D eigenvalue weighted by Gasteiger charge is -2.00. The first kappa shape index (κ1) is 25.7. The first-order valence-electron chi connectivity index (χ1n) is 9.55. The number of aromatic amines is 1. The number of ether oxygens (including phenoxy) is 3. The lowest BCUT2D eigenvalue weighted by Crippen LogP contribution is -2.12. The molecule has 0 aliphatic heterocycles. The van der Waals surface area contributed by atoms with Crippen molar-refractivity contribution in [2.45, 2.75) is 13.8 Å². The van der Waals surface area contributed by atoms with Gasteiger partial charge in [-0.15, -0.1) is 0 Å². The average Bonchev–Trinajstić information content (AvgIpc) is 3.40. The summed E-state index contributed by atoms with van der Waals surface area (Å²) in [4.78, 5) is 31.8. The highest BCUT2D eigenvalue weighted by molar-refractivity contribution is 9.09. The summed E-state index contributed by atoms with van der Waals surface area (Å²) in [7, 11) is 2.65. The molecule has 0 fully saturated rings. The Morgan fingerprint density at radius 3 is 2.15 bits per heavy atom. The molecule has 0 aliphatic rings. The molecule has 4 aromatic rings. The molecule has 0 saturated carbocycles. The summed E-state index contributed by atoms with van der Waals surface area (Å²) >= 11 is 2.90. The van der Waals surface area contributed by atoms with Crippen LogP contribution in [0.1, 0.15) is 11.1 Å². The van der Waals surface area contributed by atoms with Gasteiger partial charge in [0, 0.05) is 0 Å². The summed E-state index contributed by atoms with van der Waals surface area (Å²) in [6, 6.07) is 11.1. The maximum Gasteiger partial charge on any atom is 0.343 e. The van der Waals surface area contributed by atoms with Gasteiger partial charge in [0.1, 0.15) is 5.33 Å². The molecule has 0 amide bonds. The molecule has 11 heteroatoms. The number of carbonyl (C=O) groups excluding carboxylic acids is 2. The maximum absolute atomic E-state index is 11.0. The number of aryl methyl sites for hydroxylation is 2. The second-order valence-electron chi connectivity index (χ2n) is 6.59. The molecule has 0 radical (unpaired) electrons. The fourth-order valence-corrected chi connectivity index (χ4v) is 2.67. The minimum Gasteiger partial charge on any atom is -0.468 e. The number of hydrogen-bond acceptors (Lipinski definition) is 9. The van der Waals surface area contributed by atoms with Crippen molar-refractivity contribution in [3.63, 3.8) is 0 Å². The van der Waals surface area contributed by atoms with Crippen LogP contribution in [0.5, 0.6) is 5.88 Å². The number of nitrogens with one attached hydrogen (secondary N) is 1. The smallest absolute Gasteiger partial charge is 0.343 e. The number of H-pyrrole nitrogens is 1. The van der Waals surface area contributed by atoms with E-state index in [0.717, 1.165) is 16.5 Å². The van der Waals surface area contributed by atoms with E-state index in [2.05, 4.69) is 35.7 Å². The van der Waals surface area contributed by atoms with Crippen LogP contribution in [0.2, 0.25) is 0 Å². The zero-order valence-corrected chi connectivity index (χ0v) is 20.1. The Hall–Kier alpha value is -3.60. The highest BCUT2D eigenvalue weighted by Gasteiger charge is 2.11. The molecule has 0 bridgehead atoms. The van der Waals surface area contributed by atoms with Gasteiger partial charge >= 0.3 is 11.9 Å². The number of aromatic nitrogens is 2. The lowest BCUT2D eigenvalue weighted by molar-refractivity contribution is -0.143. The van der Waals surface area contributed by atoms with E-state index in [1.807, 2.05) is 38.1 Å². The molecule has 0 aliphatic carbocycles. The summed E-state index contributed by atoms with van der Waals surface area (Å²) in [6.45, 7) is 3.72. The van der Waals surface area contributed by atoms with Crippen molar-refractivity contribution in [2.24, 2.45) is 0 Å². The summed E-state index contributed by atoms with van der Waals surface area (Å²) in [5.74, 6) is -0.386. The van der Waals surface area contributed by atoms with Gasteiger partial charge in [-0.05, 0) is 43.3 Å². The maximum atomic E-state index is 11.0. The molecule has 0 unspecified atom stereocenters. The third kappa shape index (κ3) is 7.49. The number of rotatable bonds is 4. The Morgan fingerprint density at radius 1 is 0.970 bits per heavy atom. The number of esters is 2. The zero-order valence-electron chi connectivity index (χ0n) is 18.5. The normalized spacial score (nSPS) is 9.97. The highest BCUT2D eigenvalue weighted by atomic mass is 79.9. The number of carbonyl (C=O) groups is 2. The Bertz CT molecular complexity index is 1270. The third-order valence-electron chi connectivity index (χ3n) is 4.12. The van der Waals surface area contributed by atoms with Crippen molar-refractivity contribution in [3.05, 3.63) is 57.9 Å². The van der Waals surface area contributed by atoms with E-state index in [9.17, 15) is 14.4 Å². The SMILES string of the molecule is COC(=O)CBr.COC(=O)COc1noc2ccc(C)cc12.Cc1ccc2o[nH]c(=O)c2c1. The first-order valence-corrected chi connectivity index (χ1v) is 10.7. The van der Waals surface area contributed by atoms with Gasteiger partial charge in [-0.1, -0.05) is 39.2 Å². The molecule has 33 heavy (non-hydrogen) atoms. The predicted molar refractivity (Wildman–Crippen MR) is 124 cm³/mol. The Kier molecular flexibility index (Phi) is 9.67. The zero-order chi connectivity index (χ0) is 24.4. The molecule has 2 aromatic carbocycles. The predicted octanol–water partition coefficient (Wildman–Crippen LogP) is 3.67. The molecular weight excluding hydrogens is 500 g/mol. The molecule has 2 aromatic heterocycles. The Labute approximate surface area is 196 Å². The van der Waals surface area contributed by atoms with Crippen molar-refractivity contribution in [3.8, 4) is 5.88 Å². The van der Waals surface area contributed by atoms with E-state index in [4.69, 9.17) is 13.8 Å². The van der Waals surface area contributed by atoms with Crippen LogP contribution in [0.25, 0.3) is 21.9 Å². The van der Waals surface area contributed by atoms with Crippen molar-refractivity contribution in [1.82, 2.24) is 10.3 Å². The van der Waals surface area contributed by atoms with E-state index < -0.39 is 5.97 Å². The van der Waals surface area contributed by atoms with Crippen LogP contribution < -0.4 is 10.3 Å². The molecule has 2 heterocycles. The van der Waals surface area contributed by atoms with E-state index >= 15 is 0 Å². The second-order valence-corrected chi connectivity index (χ2v) is 7.16. The number of halogens is 1. The monoisotopic (exact) mass is 522 g/mol.